The number of thioether (sulfide) groups is 1. The highest BCUT2D eigenvalue weighted by Crippen LogP contribution is 2.48. The maximum atomic E-state index is 12.2. The van der Waals surface area contributed by atoms with E-state index in [0.717, 1.165) is 36.2 Å². The van der Waals surface area contributed by atoms with Crippen LogP contribution in [0.5, 0.6) is 0 Å². The zero-order valence-corrected chi connectivity index (χ0v) is 12.6. The molecule has 0 aliphatic carbocycles. The van der Waals surface area contributed by atoms with Crippen LogP contribution in [-0.4, -0.2) is 34.6 Å². The van der Waals surface area contributed by atoms with Gasteiger partial charge in [-0.1, -0.05) is 37.3 Å². The van der Waals surface area contributed by atoms with Crippen molar-refractivity contribution in [1.29, 1.82) is 0 Å². The summed E-state index contributed by atoms with van der Waals surface area (Å²) in [5.74, 6) is 0.799. The third kappa shape index (κ3) is 3.29. The van der Waals surface area contributed by atoms with Gasteiger partial charge in [0.15, 0.2) is 0 Å². The Labute approximate surface area is 124 Å². The predicted molar refractivity (Wildman–Crippen MR) is 81.8 cm³/mol. The molecule has 20 heavy (non-hydrogen) atoms. The molecule has 0 bridgehead atoms. The lowest BCUT2D eigenvalue weighted by molar-refractivity contribution is 0.0940. The molecule has 2 saturated heterocycles. The van der Waals surface area contributed by atoms with Crippen molar-refractivity contribution < 1.29 is 9.53 Å². The predicted octanol–water partition coefficient (Wildman–Crippen LogP) is 3.54. The second kappa shape index (κ2) is 6.08. The minimum Gasteiger partial charge on any atom is -0.445 e. The average Bonchev–Trinajstić information content (AvgIpc) is 3.21. The summed E-state index contributed by atoms with van der Waals surface area (Å²) >= 11 is 2.02. The van der Waals surface area contributed by atoms with Crippen LogP contribution in [0, 0.1) is 5.92 Å². The van der Waals surface area contributed by atoms with Crippen molar-refractivity contribution in [3.05, 3.63) is 35.9 Å². The van der Waals surface area contributed by atoms with Gasteiger partial charge in [-0.3, -0.25) is 0 Å². The molecule has 3 unspecified atom stereocenters. The Hall–Kier alpha value is -1.16. The molecule has 0 radical (unpaired) electrons. The van der Waals surface area contributed by atoms with E-state index in [4.69, 9.17) is 4.74 Å². The van der Waals surface area contributed by atoms with Gasteiger partial charge in [0, 0.05) is 23.6 Å². The lowest BCUT2D eigenvalue weighted by atomic mass is 9.98. The van der Waals surface area contributed by atoms with Gasteiger partial charge in [-0.2, -0.15) is 11.8 Å². The Balaban J connectivity index is 1.52. The molecule has 2 aliphatic rings. The molecule has 2 fully saturated rings. The summed E-state index contributed by atoms with van der Waals surface area (Å²) in [6.07, 6.45) is 2.15. The molecule has 1 aromatic carbocycles. The van der Waals surface area contributed by atoms with E-state index >= 15 is 0 Å². The fourth-order valence-electron chi connectivity index (χ4n) is 2.86. The fourth-order valence-corrected chi connectivity index (χ4v) is 4.19. The number of nitrogens with zero attached hydrogens (tertiary/aromatic N) is 1. The highest BCUT2D eigenvalue weighted by molar-refractivity contribution is 8.07. The normalized spacial score (nSPS) is 29.1. The smallest absolute Gasteiger partial charge is 0.410 e. The topological polar surface area (TPSA) is 29.5 Å². The molecule has 3 nitrogen and oxygen atoms in total. The first-order valence-corrected chi connectivity index (χ1v) is 8.29. The van der Waals surface area contributed by atoms with Gasteiger partial charge < -0.3 is 9.64 Å². The standard InChI is InChI=1S/C16H21NO2S/c1-12-6-5-9-17(10-14-15(12)20-14)16(18)19-11-13-7-3-2-4-8-13/h2-4,7-8,12,14-15H,5-6,9-11H2,1H3. The number of likely N-dealkylation sites (tertiary alicyclic amines) is 1. The van der Waals surface area contributed by atoms with Gasteiger partial charge in [0.25, 0.3) is 0 Å². The van der Waals surface area contributed by atoms with Gasteiger partial charge >= 0.3 is 6.09 Å². The van der Waals surface area contributed by atoms with Gasteiger partial charge in [-0.15, -0.1) is 0 Å². The van der Waals surface area contributed by atoms with Crippen LogP contribution in [0.2, 0.25) is 0 Å². The quantitative estimate of drug-likeness (QED) is 0.781. The van der Waals surface area contributed by atoms with Gasteiger partial charge in [0.05, 0.1) is 0 Å². The molecule has 0 saturated carbocycles. The van der Waals surface area contributed by atoms with E-state index in [1.807, 2.05) is 47.0 Å². The van der Waals surface area contributed by atoms with Crippen LogP contribution in [0.1, 0.15) is 25.3 Å². The molecule has 1 amide bonds. The Bertz CT molecular complexity index is 465. The van der Waals surface area contributed by atoms with Crippen LogP contribution in [0.3, 0.4) is 0 Å². The van der Waals surface area contributed by atoms with Crippen LogP contribution in [-0.2, 0) is 11.3 Å². The van der Waals surface area contributed by atoms with Crippen LogP contribution >= 0.6 is 11.8 Å². The number of rotatable bonds is 2. The lowest BCUT2D eigenvalue weighted by Crippen LogP contribution is -2.37. The summed E-state index contributed by atoms with van der Waals surface area (Å²) in [4.78, 5) is 14.1. The van der Waals surface area contributed by atoms with E-state index in [1.54, 1.807) is 0 Å². The van der Waals surface area contributed by atoms with Gasteiger partial charge in [0.1, 0.15) is 6.61 Å². The number of carbonyl (C=O) groups excluding carboxylic acids is 1. The van der Waals surface area contributed by atoms with Crippen molar-refractivity contribution in [2.75, 3.05) is 13.1 Å². The molecule has 2 heterocycles. The van der Waals surface area contributed by atoms with Crippen molar-refractivity contribution in [1.82, 2.24) is 4.90 Å². The number of ether oxygens (including phenoxy) is 1. The van der Waals surface area contributed by atoms with E-state index in [2.05, 4.69) is 6.92 Å². The summed E-state index contributed by atoms with van der Waals surface area (Å²) < 4.78 is 5.44. The molecule has 1 aromatic rings. The van der Waals surface area contributed by atoms with Crippen molar-refractivity contribution in [2.45, 2.75) is 36.9 Å². The summed E-state index contributed by atoms with van der Waals surface area (Å²) in [6, 6.07) is 9.86. The van der Waals surface area contributed by atoms with Crippen LogP contribution in [0.4, 0.5) is 4.79 Å². The minimum atomic E-state index is -0.158. The summed E-state index contributed by atoms with van der Waals surface area (Å²) in [5, 5.41) is 1.40. The van der Waals surface area contributed by atoms with E-state index in [1.165, 1.54) is 6.42 Å². The van der Waals surface area contributed by atoms with Crippen LogP contribution in [0.25, 0.3) is 0 Å². The van der Waals surface area contributed by atoms with Gasteiger partial charge in [-0.05, 0) is 24.3 Å². The molecule has 0 spiro atoms. The Morgan fingerprint density at radius 1 is 1.40 bits per heavy atom. The van der Waals surface area contributed by atoms with E-state index < -0.39 is 0 Å². The van der Waals surface area contributed by atoms with Crippen LogP contribution in [0.15, 0.2) is 30.3 Å². The molecule has 2 aliphatic heterocycles. The molecular weight excluding hydrogens is 270 g/mol. The molecule has 0 aromatic heterocycles. The summed E-state index contributed by atoms with van der Waals surface area (Å²) in [7, 11) is 0. The number of hydrogen-bond acceptors (Lipinski definition) is 3. The third-order valence-electron chi connectivity index (χ3n) is 4.13. The average molecular weight is 291 g/mol. The number of benzene rings is 1. The van der Waals surface area contributed by atoms with Crippen LogP contribution < -0.4 is 0 Å². The molecule has 3 atom stereocenters. The first kappa shape index (κ1) is 13.8. The largest absolute Gasteiger partial charge is 0.445 e. The Kier molecular flexibility index (Phi) is 4.20. The van der Waals surface area contributed by atoms with Gasteiger partial charge in [0.2, 0.25) is 0 Å². The minimum absolute atomic E-state index is 0.158. The first-order chi connectivity index (χ1) is 9.74. The van der Waals surface area contributed by atoms with Crippen molar-refractivity contribution in [3.8, 4) is 0 Å². The second-order valence-corrected chi connectivity index (χ2v) is 7.17. The molecular formula is C16H21NO2S. The van der Waals surface area contributed by atoms with E-state index in [-0.39, 0.29) is 6.09 Å². The van der Waals surface area contributed by atoms with Crippen molar-refractivity contribution in [3.63, 3.8) is 0 Å². The zero-order chi connectivity index (χ0) is 13.9. The maximum absolute atomic E-state index is 12.2. The third-order valence-corrected chi connectivity index (χ3v) is 5.72. The van der Waals surface area contributed by atoms with Crippen molar-refractivity contribution in [2.24, 2.45) is 5.92 Å². The lowest BCUT2D eigenvalue weighted by Gasteiger charge is -2.25. The Morgan fingerprint density at radius 3 is 3.00 bits per heavy atom. The van der Waals surface area contributed by atoms with E-state index in [9.17, 15) is 4.79 Å². The highest BCUT2D eigenvalue weighted by atomic mass is 32.2. The zero-order valence-electron chi connectivity index (χ0n) is 11.8. The highest BCUT2D eigenvalue weighted by Gasteiger charge is 2.44. The molecule has 108 valence electrons. The van der Waals surface area contributed by atoms with Crippen molar-refractivity contribution >= 4 is 17.9 Å². The first-order valence-electron chi connectivity index (χ1n) is 7.35. The van der Waals surface area contributed by atoms with Gasteiger partial charge in [-0.25, -0.2) is 4.79 Å². The molecule has 0 N–H and O–H groups in total. The second-order valence-electron chi connectivity index (χ2n) is 5.74. The fraction of sp³-hybridized carbons (Fsp3) is 0.562. The molecule has 3 rings (SSSR count). The number of carbonyl (C=O) groups is 1. The summed E-state index contributed by atoms with van der Waals surface area (Å²) in [6.45, 7) is 4.39. The van der Waals surface area contributed by atoms with E-state index in [0.29, 0.717) is 11.9 Å². The maximum Gasteiger partial charge on any atom is 0.410 e. The number of amides is 1. The molecule has 4 heteroatoms. The SMILES string of the molecule is CC1CCCN(C(=O)OCc2ccccc2)CC2SC12. The monoisotopic (exact) mass is 291 g/mol. The number of hydrogen-bond donors (Lipinski definition) is 0. The summed E-state index contributed by atoms with van der Waals surface area (Å²) in [5.41, 5.74) is 1.04. The Morgan fingerprint density at radius 2 is 2.20 bits per heavy atom. The number of fused-ring (bicyclic) bond motifs is 1.